The Morgan fingerprint density at radius 1 is 1.15 bits per heavy atom. The van der Waals surface area contributed by atoms with Crippen LogP contribution in [0.1, 0.15) is 36.2 Å². The number of carbonyl (C=O) groups is 1. The SMILES string of the molecule is COCC(C)(C)Nc1cc(C(F)(F)F)cnc1C(=N)OC(N)=NC1N=C(c2ccccc2)c2ccccc2NC1=O. The number of aliphatic imine (C=N–C) groups is 2. The first kappa shape index (κ1) is 29.2. The van der Waals surface area contributed by atoms with Gasteiger partial charge in [-0.3, -0.25) is 10.2 Å². The molecule has 2 heterocycles. The molecular weight excluding hydrogens is 539 g/mol. The summed E-state index contributed by atoms with van der Waals surface area (Å²) in [5, 5.41) is 14.1. The quantitative estimate of drug-likeness (QED) is 0.246. The summed E-state index contributed by atoms with van der Waals surface area (Å²) in [6.45, 7) is 3.54. The third kappa shape index (κ3) is 7.06. The number of amidine groups is 1. The first-order valence-electron chi connectivity index (χ1n) is 12.4. The first-order valence-corrected chi connectivity index (χ1v) is 12.4. The molecule has 5 N–H and O–H groups in total. The summed E-state index contributed by atoms with van der Waals surface area (Å²) in [4.78, 5) is 25.4. The maximum atomic E-state index is 13.4. The van der Waals surface area contributed by atoms with Crippen molar-refractivity contribution < 1.29 is 27.4 Å². The molecule has 2 aromatic carbocycles. The van der Waals surface area contributed by atoms with Crippen LogP contribution >= 0.6 is 0 Å². The van der Waals surface area contributed by atoms with Gasteiger partial charge in [-0.15, -0.1) is 0 Å². The van der Waals surface area contributed by atoms with Crippen LogP contribution in [0.15, 0.2) is 76.8 Å². The molecule has 214 valence electrons. The van der Waals surface area contributed by atoms with Crippen molar-refractivity contribution >= 4 is 34.9 Å². The molecule has 0 spiro atoms. The molecule has 1 aliphatic heterocycles. The van der Waals surface area contributed by atoms with Gasteiger partial charge in [-0.05, 0) is 26.0 Å². The van der Waals surface area contributed by atoms with Crippen molar-refractivity contribution in [2.24, 2.45) is 15.7 Å². The number of para-hydroxylation sites is 1. The number of alkyl halides is 3. The molecule has 1 unspecified atom stereocenters. The van der Waals surface area contributed by atoms with E-state index >= 15 is 0 Å². The van der Waals surface area contributed by atoms with Crippen molar-refractivity contribution in [1.29, 1.82) is 5.41 Å². The number of pyridine rings is 1. The number of hydrogen-bond acceptors (Lipinski definition) is 8. The number of amides is 1. The topological polar surface area (TPSA) is 147 Å². The summed E-state index contributed by atoms with van der Waals surface area (Å²) in [6, 6.07) is 16.5. The Kier molecular flexibility index (Phi) is 8.38. The van der Waals surface area contributed by atoms with E-state index in [9.17, 15) is 18.0 Å². The molecule has 13 heteroatoms. The van der Waals surface area contributed by atoms with Crippen LogP contribution in [0.4, 0.5) is 24.5 Å². The zero-order valence-electron chi connectivity index (χ0n) is 22.4. The van der Waals surface area contributed by atoms with Crippen molar-refractivity contribution in [2.45, 2.75) is 31.7 Å². The number of hydrogen-bond donors (Lipinski definition) is 4. The van der Waals surface area contributed by atoms with Crippen molar-refractivity contribution in [3.05, 3.63) is 89.2 Å². The number of benzodiazepines with no additional fused rings is 1. The van der Waals surface area contributed by atoms with Crippen LogP contribution in [-0.2, 0) is 20.4 Å². The van der Waals surface area contributed by atoms with Crippen molar-refractivity contribution in [2.75, 3.05) is 24.4 Å². The zero-order chi connectivity index (χ0) is 29.8. The molecule has 0 radical (unpaired) electrons. The van der Waals surface area contributed by atoms with Gasteiger partial charge in [0.1, 0.15) is 5.69 Å². The maximum Gasteiger partial charge on any atom is 0.417 e. The lowest BCUT2D eigenvalue weighted by Crippen LogP contribution is -2.37. The fraction of sp³-hybridized carbons (Fsp3) is 0.250. The van der Waals surface area contributed by atoms with E-state index in [2.05, 4.69) is 25.6 Å². The fourth-order valence-electron chi connectivity index (χ4n) is 4.12. The van der Waals surface area contributed by atoms with Gasteiger partial charge < -0.3 is 25.8 Å². The Bertz CT molecular complexity index is 1510. The van der Waals surface area contributed by atoms with E-state index < -0.39 is 41.3 Å². The molecule has 0 aliphatic carbocycles. The number of ether oxygens (including phenoxy) is 2. The second-order valence-electron chi connectivity index (χ2n) is 9.71. The highest BCUT2D eigenvalue weighted by Crippen LogP contribution is 2.32. The molecule has 41 heavy (non-hydrogen) atoms. The van der Waals surface area contributed by atoms with Crippen LogP contribution in [0.2, 0.25) is 0 Å². The number of fused-ring (bicyclic) bond motifs is 1. The predicted octanol–water partition coefficient (Wildman–Crippen LogP) is 4.41. The predicted molar refractivity (Wildman–Crippen MR) is 149 cm³/mol. The molecular formula is C28H28F3N7O3. The van der Waals surface area contributed by atoms with Gasteiger partial charge in [-0.25, -0.2) is 9.98 Å². The second kappa shape index (κ2) is 11.8. The number of nitrogens with two attached hydrogens (primary N) is 1. The average Bonchev–Trinajstić information content (AvgIpc) is 3.04. The Balaban J connectivity index is 1.66. The number of carbonyl (C=O) groups excluding carboxylic acids is 1. The largest absolute Gasteiger partial charge is 0.417 e. The van der Waals surface area contributed by atoms with E-state index in [1.807, 2.05) is 36.4 Å². The molecule has 0 fully saturated rings. The van der Waals surface area contributed by atoms with Crippen LogP contribution in [0.3, 0.4) is 0 Å². The summed E-state index contributed by atoms with van der Waals surface area (Å²) < 4.78 is 50.7. The number of nitrogens with zero attached hydrogens (tertiary/aromatic N) is 3. The minimum atomic E-state index is -4.67. The molecule has 1 amide bonds. The lowest BCUT2D eigenvalue weighted by Gasteiger charge is -2.28. The third-order valence-electron chi connectivity index (χ3n) is 5.84. The maximum absolute atomic E-state index is 13.4. The summed E-state index contributed by atoms with van der Waals surface area (Å²) in [6.07, 6.45) is -5.47. The molecule has 1 aliphatic rings. The van der Waals surface area contributed by atoms with Crippen LogP contribution in [0, 0.1) is 5.41 Å². The summed E-state index contributed by atoms with van der Waals surface area (Å²) in [5.74, 6) is -1.29. The number of halogens is 3. The highest BCUT2D eigenvalue weighted by Gasteiger charge is 2.33. The van der Waals surface area contributed by atoms with Gasteiger partial charge in [0.2, 0.25) is 12.1 Å². The number of benzene rings is 2. The highest BCUT2D eigenvalue weighted by atomic mass is 19.4. The van der Waals surface area contributed by atoms with Gasteiger partial charge in [-0.2, -0.15) is 18.2 Å². The van der Waals surface area contributed by atoms with E-state index in [1.165, 1.54) is 7.11 Å². The molecule has 4 rings (SSSR count). The van der Waals surface area contributed by atoms with E-state index in [-0.39, 0.29) is 18.0 Å². The Hall–Kier alpha value is -4.78. The van der Waals surface area contributed by atoms with E-state index in [1.54, 1.807) is 32.0 Å². The smallest absolute Gasteiger partial charge is 0.405 e. The molecule has 3 aromatic rings. The molecule has 0 saturated carbocycles. The summed E-state index contributed by atoms with van der Waals surface area (Å²) in [7, 11) is 1.45. The molecule has 0 saturated heterocycles. The van der Waals surface area contributed by atoms with Gasteiger partial charge in [0, 0.05) is 24.4 Å². The van der Waals surface area contributed by atoms with Crippen LogP contribution in [0.25, 0.3) is 0 Å². The number of methoxy groups -OCH3 is 1. The van der Waals surface area contributed by atoms with E-state index in [0.29, 0.717) is 23.2 Å². The molecule has 0 bridgehead atoms. The van der Waals surface area contributed by atoms with Gasteiger partial charge in [-0.1, -0.05) is 48.5 Å². The van der Waals surface area contributed by atoms with Gasteiger partial charge >= 0.3 is 6.18 Å². The first-order chi connectivity index (χ1) is 19.4. The Morgan fingerprint density at radius 2 is 1.83 bits per heavy atom. The van der Waals surface area contributed by atoms with Crippen molar-refractivity contribution in [3.63, 3.8) is 0 Å². The summed E-state index contributed by atoms with van der Waals surface area (Å²) in [5.41, 5.74) is 6.11. The standard InChI is InChI=1S/C28H28F3N7O3/c1-27(2,15-40-3)38-20-13-17(28(29,30)31)14-34-22(20)23(32)41-26(33)37-24-25(39)35-19-12-8-7-11-18(19)21(36-24)16-9-5-4-6-10-16/h4-14,24,32,38H,15H2,1-3H3,(H2,33,37)(H,35,39). The lowest BCUT2D eigenvalue weighted by atomic mass is 10.0. The third-order valence-corrected chi connectivity index (χ3v) is 5.84. The highest BCUT2D eigenvalue weighted by molar-refractivity contribution is 6.19. The minimum absolute atomic E-state index is 0.133. The van der Waals surface area contributed by atoms with Crippen LogP contribution in [0.5, 0.6) is 0 Å². The minimum Gasteiger partial charge on any atom is -0.405 e. The fourth-order valence-corrected chi connectivity index (χ4v) is 4.12. The molecule has 10 nitrogen and oxygen atoms in total. The number of aromatic nitrogens is 1. The van der Waals surface area contributed by atoms with Crippen molar-refractivity contribution in [1.82, 2.24) is 4.98 Å². The second-order valence-corrected chi connectivity index (χ2v) is 9.71. The van der Waals surface area contributed by atoms with Gasteiger partial charge in [0.15, 0.2) is 0 Å². The molecule has 1 aromatic heterocycles. The number of rotatable bonds is 7. The van der Waals surface area contributed by atoms with Crippen molar-refractivity contribution in [3.8, 4) is 0 Å². The van der Waals surface area contributed by atoms with Crippen LogP contribution < -0.4 is 16.4 Å². The van der Waals surface area contributed by atoms with Gasteiger partial charge in [0.05, 0.1) is 34.8 Å². The normalized spacial score (nSPS) is 15.8. The monoisotopic (exact) mass is 567 g/mol. The van der Waals surface area contributed by atoms with E-state index in [4.69, 9.17) is 20.6 Å². The van der Waals surface area contributed by atoms with Gasteiger partial charge in [0.25, 0.3) is 11.9 Å². The van der Waals surface area contributed by atoms with Crippen LogP contribution in [-0.4, -0.2) is 53.9 Å². The Labute approximate surface area is 234 Å². The Morgan fingerprint density at radius 3 is 2.51 bits per heavy atom. The van der Waals surface area contributed by atoms with E-state index in [0.717, 1.165) is 11.6 Å². The lowest BCUT2D eigenvalue weighted by molar-refractivity contribution is -0.137. The zero-order valence-corrected chi connectivity index (χ0v) is 22.4. The average molecular weight is 568 g/mol. The number of nitrogens with one attached hydrogen (secondary N) is 3. The molecule has 1 atom stereocenters. The number of anilines is 2. The summed E-state index contributed by atoms with van der Waals surface area (Å²) >= 11 is 0.